The summed E-state index contributed by atoms with van der Waals surface area (Å²) in [5.41, 5.74) is -3.63. The summed E-state index contributed by atoms with van der Waals surface area (Å²) < 4.78 is 16.9. The molecule has 0 spiro atoms. The first-order valence-corrected chi connectivity index (χ1v) is 12.5. The van der Waals surface area contributed by atoms with Gasteiger partial charge in [0.05, 0.1) is 12.1 Å². The molecular weight excluding hydrogens is 458 g/mol. The van der Waals surface area contributed by atoms with Crippen LogP contribution in [0.1, 0.15) is 68.7 Å². The molecule has 0 aromatic heterocycles. The fraction of sp³-hybridized carbons (Fsp3) is 0.792. The number of nitrogens with one attached hydrogen (secondary N) is 1. The van der Waals surface area contributed by atoms with E-state index in [0.29, 0.717) is 6.67 Å². The fourth-order valence-corrected chi connectivity index (χ4v) is 5.99. The number of fused-ring (bicyclic) bond motifs is 1. The minimum atomic E-state index is -1.42. The van der Waals surface area contributed by atoms with Gasteiger partial charge >= 0.3 is 18.0 Å². The third-order valence-electron chi connectivity index (χ3n) is 5.54. The summed E-state index contributed by atoms with van der Waals surface area (Å²) in [4.78, 5) is 48.2. The molecule has 0 aromatic rings. The Morgan fingerprint density at radius 2 is 1.56 bits per heavy atom. The van der Waals surface area contributed by atoms with Crippen molar-refractivity contribution in [2.75, 3.05) is 6.67 Å². The number of esters is 2. The van der Waals surface area contributed by atoms with Crippen LogP contribution in [-0.2, 0) is 23.8 Å². The first kappa shape index (κ1) is 26.5. The van der Waals surface area contributed by atoms with E-state index in [4.69, 9.17) is 14.2 Å². The number of alkyl carbamates (subject to hydrolysis) is 1. The number of hydrogen-bond donors (Lipinski definition) is 1. The van der Waals surface area contributed by atoms with Crippen LogP contribution >= 0.6 is 11.8 Å². The van der Waals surface area contributed by atoms with Crippen LogP contribution in [0.25, 0.3) is 0 Å². The topological polar surface area (TPSA) is 116 Å². The Hall–Kier alpha value is -2.10. The van der Waals surface area contributed by atoms with Gasteiger partial charge in [0.2, 0.25) is 0 Å². The third kappa shape index (κ3) is 6.12. The zero-order chi connectivity index (χ0) is 25.7. The van der Waals surface area contributed by atoms with E-state index in [1.165, 1.54) is 11.8 Å². The molecule has 0 unspecified atom stereocenters. The second-order valence-corrected chi connectivity index (χ2v) is 13.3. The van der Waals surface area contributed by atoms with Crippen molar-refractivity contribution in [3.8, 4) is 0 Å². The van der Waals surface area contributed by atoms with Crippen LogP contribution in [-0.4, -0.2) is 63.6 Å². The van der Waals surface area contributed by atoms with Gasteiger partial charge in [0.25, 0.3) is 0 Å². The zero-order valence-electron chi connectivity index (χ0n) is 21.6. The van der Waals surface area contributed by atoms with Crippen molar-refractivity contribution in [2.24, 2.45) is 27.7 Å². The highest BCUT2D eigenvalue weighted by molar-refractivity contribution is 8.16. The van der Waals surface area contributed by atoms with Gasteiger partial charge < -0.3 is 19.5 Å². The van der Waals surface area contributed by atoms with Crippen LogP contribution in [0, 0.1) is 17.8 Å². The monoisotopic (exact) mass is 495 g/mol. The summed E-state index contributed by atoms with van der Waals surface area (Å²) in [6.07, 6.45) is 1.25. The predicted molar refractivity (Wildman–Crippen MR) is 131 cm³/mol. The lowest BCUT2D eigenvalue weighted by molar-refractivity contribution is -0.165. The first-order valence-electron chi connectivity index (χ1n) is 11.6. The smallest absolute Gasteiger partial charge is 0.408 e. The molecule has 1 N–H and O–H groups in total. The molecule has 1 amide bonds. The second-order valence-electron chi connectivity index (χ2n) is 12.1. The van der Waals surface area contributed by atoms with Crippen LogP contribution in [0.2, 0.25) is 0 Å². The molecule has 3 rings (SSSR count). The molecule has 3 aliphatic rings. The van der Waals surface area contributed by atoms with Gasteiger partial charge in [0.15, 0.2) is 0 Å². The first-order chi connectivity index (χ1) is 15.4. The Labute approximate surface area is 205 Å². The maximum absolute atomic E-state index is 13.6. The fourth-order valence-electron chi connectivity index (χ4n) is 4.57. The van der Waals surface area contributed by atoms with Crippen LogP contribution < -0.4 is 5.32 Å². The summed E-state index contributed by atoms with van der Waals surface area (Å²) in [6.45, 7) is 16.3. The van der Waals surface area contributed by atoms with Gasteiger partial charge in [-0.25, -0.2) is 9.59 Å². The molecule has 1 aliphatic heterocycles. The highest BCUT2D eigenvalue weighted by atomic mass is 32.2. The zero-order valence-corrected chi connectivity index (χ0v) is 22.4. The number of ether oxygens (including phenoxy) is 3. The molecule has 0 bridgehead atoms. The van der Waals surface area contributed by atoms with Crippen molar-refractivity contribution >= 4 is 41.1 Å². The van der Waals surface area contributed by atoms with Gasteiger partial charge in [-0.15, -0.1) is 11.8 Å². The minimum Gasteiger partial charge on any atom is -0.460 e. The van der Waals surface area contributed by atoms with E-state index >= 15 is 0 Å². The average Bonchev–Trinajstić information content (AvgIpc) is 3.00. The molecule has 9 nitrogen and oxygen atoms in total. The van der Waals surface area contributed by atoms with Crippen molar-refractivity contribution < 1.29 is 28.6 Å². The Morgan fingerprint density at radius 1 is 0.971 bits per heavy atom. The van der Waals surface area contributed by atoms with Crippen molar-refractivity contribution in [3.05, 3.63) is 0 Å². The number of nitrogens with zero attached hydrogens (tertiary/aromatic N) is 2. The van der Waals surface area contributed by atoms with Crippen molar-refractivity contribution in [1.29, 1.82) is 0 Å². The summed E-state index contributed by atoms with van der Waals surface area (Å²) in [5, 5.41) is 3.42. The molecule has 190 valence electrons. The van der Waals surface area contributed by atoms with Crippen LogP contribution in [0.4, 0.5) is 4.79 Å². The third-order valence-corrected chi connectivity index (χ3v) is 6.80. The van der Waals surface area contributed by atoms with Gasteiger partial charge in [-0.2, -0.15) is 0 Å². The number of carbonyl (C=O) groups excluding carboxylic acids is 3. The Bertz CT molecular complexity index is 911. The lowest BCUT2D eigenvalue weighted by Crippen LogP contribution is -2.59. The second kappa shape index (κ2) is 8.84. The molecule has 2 aliphatic carbocycles. The number of aliphatic imine (C=N–C) groups is 2. The van der Waals surface area contributed by atoms with E-state index in [-0.39, 0.29) is 23.6 Å². The van der Waals surface area contributed by atoms with Crippen LogP contribution in [0.3, 0.4) is 0 Å². The van der Waals surface area contributed by atoms with E-state index in [2.05, 4.69) is 15.3 Å². The Kier molecular flexibility index (Phi) is 6.89. The van der Waals surface area contributed by atoms with Gasteiger partial charge in [-0.05, 0) is 74.7 Å². The summed E-state index contributed by atoms with van der Waals surface area (Å²) in [7, 11) is 0. The highest BCUT2D eigenvalue weighted by Crippen LogP contribution is 2.66. The molecule has 34 heavy (non-hydrogen) atoms. The van der Waals surface area contributed by atoms with Gasteiger partial charge in [0, 0.05) is 11.2 Å². The van der Waals surface area contributed by atoms with E-state index in [9.17, 15) is 14.4 Å². The maximum atomic E-state index is 13.6. The van der Waals surface area contributed by atoms with Crippen molar-refractivity contribution in [2.45, 2.75) is 96.3 Å². The molecular formula is C24H37N3O6S. The van der Waals surface area contributed by atoms with Gasteiger partial charge in [-0.1, -0.05) is 0 Å². The van der Waals surface area contributed by atoms with Gasteiger partial charge in [0.1, 0.15) is 34.1 Å². The lowest BCUT2D eigenvalue weighted by Gasteiger charge is -2.35. The van der Waals surface area contributed by atoms with Gasteiger partial charge in [-0.3, -0.25) is 14.8 Å². The minimum absolute atomic E-state index is 0.159. The molecule has 5 atom stereocenters. The predicted octanol–water partition coefficient (Wildman–Crippen LogP) is 3.74. The van der Waals surface area contributed by atoms with Crippen LogP contribution in [0.5, 0.6) is 0 Å². The molecule has 10 heteroatoms. The molecule has 2 saturated carbocycles. The summed E-state index contributed by atoms with van der Waals surface area (Å²) in [6, 6.07) is 0. The normalized spacial score (nSPS) is 30.3. The molecule has 0 radical (unpaired) electrons. The maximum Gasteiger partial charge on any atom is 0.408 e. The number of amides is 1. The summed E-state index contributed by atoms with van der Waals surface area (Å²) in [5.74, 6) is -2.15. The van der Waals surface area contributed by atoms with Crippen molar-refractivity contribution in [1.82, 2.24) is 5.32 Å². The number of thioether (sulfide) groups is 1. The number of carbonyl (C=O) groups is 3. The van der Waals surface area contributed by atoms with E-state index in [1.54, 1.807) is 68.5 Å². The molecule has 1 heterocycles. The molecule has 0 aromatic carbocycles. The molecule has 0 saturated heterocycles. The van der Waals surface area contributed by atoms with E-state index in [1.807, 2.05) is 0 Å². The largest absolute Gasteiger partial charge is 0.460 e. The lowest BCUT2D eigenvalue weighted by atomic mass is 9.89. The average molecular weight is 496 g/mol. The molecule has 2 fully saturated rings. The standard InChI is InChI=1S/C24H37N3O6S/c1-21(2,3)31-18(28)16-15-13(34-14-11-25-12-26-14)10-24(17(15)16,19(29)32-22(4,5)6)27-20(30)33-23(7,8)9/h11,13,15-17H,10,12H2,1-9H3,(H,27,30)/t13-,15+,16+,17+,24+/m1/s1. The van der Waals surface area contributed by atoms with Crippen molar-refractivity contribution in [3.63, 3.8) is 0 Å². The highest BCUT2D eigenvalue weighted by Gasteiger charge is 2.77. The van der Waals surface area contributed by atoms with Crippen LogP contribution in [0.15, 0.2) is 9.98 Å². The Morgan fingerprint density at radius 3 is 2.06 bits per heavy atom. The quantitative estimate of drug-likeness (QED) is 0.466. The number of rotatable bonds is 4. The number of hydrogen-bond acceptors (Lipinski definition) is 9. The van der Waals surface area contributed by atoms with E-state index in [0.717, 1.165) is 5.04 Å². The Balaban J connectivity index is 1.97. The summed E-state index contributed by atoms with van der Waals surface area (Å²) >= 11 is 1.47. The SMILES string of the molecule is CC(C)(C)OC(=O)N[C@@]1(C(=O)OC(C)(C)C)C[C@@H](SC2=NCN=C2)[C@H]2[C@H](C(=O)OC(C)(C)C)[C@H]21. The van der Waals surface area contributed by atoms with E-state index < -0.39 is 46.2 Å².